The zero-order valence-corrected chi connectivity index (χ0v) is 14.5. The van der Waals surface area contributed by atoms with E-state index in [1.165, 1.54) is 0 Å². The lowest BCUT2D eigenvalue weighted by atomic mass is 10.0. The van der Waals surface area contributed by atoms with Gasteiger partial charge in [0, 0.05) is 10.4 Å². The van der Waals surface area contributed by atoms with Crippen LogP contribution in [-0.4, -0.2) is 20.8 Å². The molecule has 0 saturated carbocycles. The molecule has 1 rings (SSSR count). The van der Waals surface area contributed by atoms with E-state index in [-0.39, 0.29) is 11.7 Å². The zero-order valence-electron chi connectivity index (χ0n) is 12.1. The molecule has 1 aromatic carbocycles. The van der Waals surface area contributed by atoms with E-state index in [1.807, 2.05) is 25.1 Å². The summed E-state index contributed by atoms with van der Waals surface area (Å²) in [5, 5.41) is 5.09. The maximum absolute atomic E-state index is 11.1. The monoisotopic (exact) mass is 363 g/mol. The Bertz CT molecular complexity index is 543. The standard InChI is InChI=1S/C14H22BrNO3S/c1-4-11(9-20(16,17)18)8-19-14-6-5-12(15)7-13(14)10(2)3/h5-7,10-11H,4,8-9H2,1-3H3,(H2,16,17,18). The quantitative estimate of drug-likeness (QED) is 0.807. The molecule has 0 spiro atoms. The van der Waals surface area contributed by atoms with Crippen LogP contribution in [0.5, 0.6) is 5.75 Å². The fourth-order valence-corrected chi connectivity index (χ4v) is 3.29. The fourth-order valence-electron chi connectivity index (χ4n) is 1.92. The third-order valence-corrected chi connectivity index (χ3v) is 4.54. The topological polar surface area (TPSA) is 69.4 Å². The molecule has 0 heterocycles. The van der Waals surface area contributed by atoms with Crippen molar-refractivity contribution in [3.8, 4) is 5.75 Å². The molecule has 20 heavy (non-hydrogen) atoms. The van der Waals surface area contributed by atoms with Crippen molar-refractivity contribution in [1.29, 1.82) is 0 Å². The summed E-state index contributed by atoms with van der Waals surface area (Å²) in [5.41, 5.74) is 1.10. The molecule has 1 aromatic rings. The second-order valence-corrected chi connectivity index (χ2v) is 7.83. The highest BCUT2D eigenvalue weighted by atomic mass is 79.9. The first kappa shape index (κ1) is 17.5. The Hall–Kier alpha value is -0.590. The summed E-state index contributed by atoms with van der Waals surface area (Å²) in [6.07, 6.45) is 0.712. The summed E-state index contributed by atoms with van der Waals surface area (Å²) < 4.78 is 29.1. The van der Waals surface area contributed by atoms with Crippen molar-refractivity contribution >= 4 is 26.0 Å². The molecule has 0 aliphatic heterocycles. The Morgan fingerprint density at radius 3 is 2.50 bits per heavy atom. The number of hydrogen-bond donors (Lipinski definition) is 1. The van der Waals surface area contributed by atoms with E-state index in [0.29, 0.717) is 18.9 Å². The lowest BCUT2D eigenvalue weighted by Gasteiger charge is -2.18. The van der Waals surface area contributed by atoms with Gasteiger partial charge in [-0.25, -0.2) is 13.6 Å². The van der Waals surface area contributed by atoms with E-state index in [9.17, 15) is 8.42 Å². The maximum Gasteiger partial charge on any atom is 0.209 e. The van der Waals surface area contributed by atoms with Gasteiger partial charge in [0.25, 0.3) is 0 Å². The van der Waals surface area contributed by atoms with Crippen molar-refractivity contribution < 1.29 is 13.2 Å². The van der Waals surface area contributed by atoms with Gasteiger partial charge >= 0.3 is 0 Å². The summed E-state index contributed by atoms with van der Waals surface area (Å²) in [5.74, 6) is 1.00. The number of benzene rings is 1. The van der Waals surface area contributed by atoms with Gasteiger partial charge < -0.3 is 4.74 Å². The normalized spacial score (nSPS) is 13.5. The third kappa shape index (κ3) is 5.81. The van der Waals surface area contributed by atoms with Gasteiger partial charge in [-0.15, -0.1) is 0 Å². The van der Waals surface area contributed by atoms with E-state index in [0.717, 1.165) is 15.8 Å². The summed E-state index contributed by atoms with van der Waals surface area (Å²) in [7, 11) is -3.46. The van der Waals surface area contributed by atoms with Gasteiger partial charge in [-0.2, -0.15) is 0 Å². The molecule has 0 fully saturated rings. The van der Waals surface area contributed by atoms with Crippen molar-refractivity contribution in [2.45, 2.75) is 33.1 Å². The number of sulfonamides is 1. The van der Waals surface area contributed by atoms with Crippen molar-refractivity contribution in [1.82, 2.24) is 0 Å². The van der Waals surface area contributed by atoms with Crippen LogP contribution in [0.1, 0.15) is 38.7 Å². The Balaban J connectivity index is 2.78. The largest absolute Gasteiger partial charge is 0.493 e. The van der Waals surface area contributed by atoms with Gasteiger partial charge in [0.05, 0.1) is 12.4 Å². The van der Waals surface area contributed by atoms with Crippen molar-refractivity contribution in [3.05, 3.63) is 28.2 Å². The SMILES string of the molecule is CCC(COc1ccc(Br)cc1C(C)C)CS(N)(=O)=O. The van der Waals surface area contributed by atoms with Crippen LogP contribution in [0.25, 0.3) is 0 Å². The molecular weight excluding hydrogens is 342 g/mol. The highest BCUT2D eigenvalue weighted by Gasteiger charge is 2.16. The molecule has 1 unspecified atom stereocenters. The molecule has 0 radical (unpaired) electrons. The van der Waals surface area contributed by atoms with Crippen LogP contribution in [0.4, 0.5) is 0 Å². The summed E-state index contributed by atoms with van der Waals surface area (Å²) in [4.78, 5) is 0. The average Bonchev–Trinajstić information content (AvgIpc) is 2.33. The Morgan fingerprint density at radius 1 is 1.35 bits per heavy atom. The van der Waals surface area contributed by atoms with Crippen LogP contribution in [0, 0.1) is 5.92 Å². The second-order valence-electron chi connectivity index (χ2n) is 5.25. The Kier molecular flexibility index (Phi) is 6.48. The van der Waals surface area contributed by atoms with Gasteiger partial charge in [-0.05, 0) is 36.1 Å². The molecule has 0 aromatic heterocycles. The van der Waals surface area contributed by atoms with Gasteiger partial charge in [0.2, 0.25) is 10.0 Å². The van der Waals surface area contributed by atoms with Crippen LogP contribution in [0.2, 0.25) is 0 Å². The molecule has 0 aliphatic carbocycles. The molecule has 0 amide bonds. The molecule has 0 bridgehead atoms. The highest BCUT2D eigenvalue weighted by Crippen LogP contribution is 2.30. The first-order chi connectivity index (χ1) is 9.23. The summed E-state index contributed by atoms with van der Waals surface area (Å²) in [6, 6.07) is 5.85. The number of ether oxygens (including phenoxy) is 1. The van der Waals surface area contributed by atoms with Gasteiger partial charge in [0.15, 0.2) is 0 Å². The molecule has 0 saturated heterocycles. The molecule has 1 atom stereocenters. The number of hydrogen-bond acceptors (Lipinski definition) is 3. The predicted octanol–water partition coefficient (Wildman–Crippen LogP) is 3.27. The molecular formula is C14H22BrNO3S. The Morgan fingerprint density at radius 2 is 2.00 bits per heavy atom. The van der Waals surface area contributed by atoms with Crippen LogP contribution in [0.15, 0.2) is 22.7 Å². The van der Waals surface area contributed by atoms with Crippen molar-refractivity contribution in [3.63, 3.8) is 0 Å². The fraction of sp³-hybridized carbons (Fsp3) is 0.571. The van der Waals surface area contributed by atoms with E-state index in [2.05, 4.69) is 29.8 Å². The van der Waals surface area contributed by atoms with Crippen LogP contribution in [-0.2, 0) is 10.0 Å². The van der Waals surface area contributed by atoms with E-state index >= 15 is 0 Å². The smallest absolute Gasteiger partial charge is 0.209 e. The number of nitrogens with two attached hydrogens (primary N) is 1. The molecule has 2 N–H and O–H groups in total. The third-order valence-electron chi connectivity index (χ3n) is 3.11. The summed E-state index contributed by atoms with van der Waals surface area (Å²) in [6.45, 7) is 6.48. The molecule has 4 nitrogen and oxygen atoms in total. The minimum Gasteiger partial charge on any atom is -0.493 e. The van der Waals surface area contributed by atoms with Crippen LogP contribution in [0.3, 0.4) is 0 Å². The lowest BCUT2D eigenvalue weighted by molar-refractivity contribution is 0.254. The minimum absolute atomic E-state index is 0.0446. The molecule has 114 valence electrons. The molecule has 6 heteroatoms. The zero-order chi connectivity index (χ0) is 15.3. The first-order valence-corrected chi connectivity index (χ1v) is 9.16. The van der Waals surface area contributed by atoms with Gasteiger partial charge in [-0.3, -0.25) is 0 Å². The number of halogens is 1. The van der Waals surface area contributed by atoms with Crippen molar-refractivity contribution in [2.75, 3.05) is 12.4 Å². The minimum atomic E-state index is -3.46. The van der Waals surface area contributed by atoms with Crippen molar-refractivity contribution in [2.24, 2.45) is 11.1 Å². The second kappa shape index (κ2) is 7.43. The van der Waals surface area contributed by atoms with Crippen LogP contribution < -0.4 is 9.88 Å². The van der Waals surface area contributed by atoms with Crippen LogP contribution >= 0.6 is 15.9 Å². The molecule has 0 aliphatic rings. The van der Waals surface area contributed by atoms with E-state index in [4.69, 9.17) is 9.88 Å². The van der Waals surface area contributed by atoms with E-state index < -0.39 is 10.0 Å². The van der Waals surface area contributed by atoms with Gasteiger partial charge in [0.1, 0.15) is 5.75 Å². The Labute approximate surface area is 129 Å². The average molecular weight is 364 g/mol. The number of rotatable bonds is 7. The summed E-state index contributed by atoms with van der Waals surface area (Å²) >= 11 is 3.45. The lowest BCUT2D eigenvalue weighted by Crippen LogP contribution is -2.26. The van der Waals surface area contributed by atoms with E-state index in [1.54, 1.807) is 0 Å². The highest BCUT2D eigenvalue weighted by molar-refractivity contribution is 9.10. The van der Waals surface area contributed by atoms with Gasteiger partial charge in [-0.1, -0.05) is 36.7 Å². The predicted molar refractivity (Wildman–Crippen MR) is 85.5 cm³/mol. The maximum atomic E-state index is 11.1. The first-order valence-electron chi connectivity index (χ1n) is 6.65. The number of primary sulfonamides is 1.